The first-order chi connectivity index (χ1) is 11.4. The van der Waals surface area contributed by atoms with Gasteiger partial charge in [-0.05, 0) is 26.8 Å². The molecule has 128 valence electrons. The molecule has 0 aliphatic heterocycles. The number of hydrogen-bond donors (Lipinski definition) is 2. The number of amides is 2. The van der Waals surface area contributed by atoms with E-state index in [9.17, 15) is 9.59 Å². The van der Waals surface area contributed by atoms with Crippen LogP contribution in [0.25, 0.3) is 5.57 Å². The molecule has 0 aromatic carbocycles. The van der Waals surface area contributed by atoms with Crippen molar-refractivity contribution in [2.24, 2.45) is 5.92 Å². The Bertz CT molecular complexity index is 665. The van der Waals surface area contributed by atoms with E-state index in [-0.39, 0.29) is 11.8 Å². The second kappa shape index (κ2) is 9.52. The van der Waals surface area contributed by atoms with Crippen LogP contribution in [0.5, 0.6) is 0 Å². The fourth-order valence-corrected chi connectivity index (χ4v) is 2.30. The molecule has 0 saturated heterocycles. The van der Waals surface area contributed by atoms with Crippen LogP contribution in [0.2, 0.25) is 0 Å². The largest absolute Gasteiger partial charge is 0.308 e. The van der Waals surface area contributed by atoms with Gasteiger partial charge in [0.25, 0.3) is 0 Å². The van der Waals surface area contributed by atoms with Gasteiger partial charge in [-0.15, -0.1) is 0 Å². The summed E-state index contributed by atoms with van der Waals surface area (Å²) in [5.74, 6) is -0.508. The lowest BCUT2D eigenvalue weighted by atomic mass is 9.98. The van der Waals surface area contributed by atoms with Crippen LogP contribution in [0.15, 0.2) is 37.1 Å². The Balaban J connectivity index is 3.07. The Labute approximate surface area is 142 Å². The zero-order chi connectivity index (χ0) is 18.1. The number of likely N-dealkylation sites (N-methyl/N-ethyl adjacent to an activating group) is 1. The molecule has 0 aliphatic carbocycles. The highest BCUT2D eigenvalue weighted by Crippen LogP contribution is 2.19. The Hall–Kier alpha value is -2.60. The summed E-state index contributed by atoms with van der Waals surface area (Å²) in [7, 11) is 1.68. The second-order valence-electron chi connectivity index (χ2n) is 5.41. The normalized spacial score (nSPS) is 14.2. The van der Waals surface area contributed by atoms with Crippen LogP contribution >= 0.6 is 0 Å². The smallest absolute Gasteiger partial charge is 0.244 e. The van der Waals surface area contributed by atoms with Gasteiger partial charge in [0, 0.05) is 11.8 Å². The average Bonchev–Trinajstić information content (AvgIpc) is 2.54. The molecule has 0 saturated carbocycles. The number of imide groups is 1. The summed E-state index contributed by atoms with van der Waals surface area (Å²) in [4.78, 5) is 31.2. The number of hydrogen-bond acceptors (Lipinski definition) is 5. The molecular weight excluding hydrogens is 304 g/mol. The molecule has 2 N–H and O–H groups in total. The van der Waals surface area contributed by atoms with E-state index in [0.29, 0.717) is 6.41 Å². The van der Waals surface area contributed by atoms with E-state index in [1.54, 1.807) is 19.3 Å². The summed E-state index contributed by atoms with van der Waals surface area (Å²) in [5, 5.41) is 5.08. The highest BCUT2D eigenvalue weighted by molar-refractivity contribution is 5.90. The molecule has 1 aromatic rings. The summed E-state index contributed by atoms with van der Waals surface area (Å²) in [6, 6.07) is -0.513. The van der Waals surface area contributed by atoms with E-state index in [1.165, 1.54) is 0 Å². The first kappa shape index (κ1) is 19.4. The predicted molar refractivity (Wildman–Crippen MR) is 95.0 cm³/mol. The lowest BCUT2D eigenvalue weighted by Crippen LogP contribution is -2.45. The first-order valence-corrected chi connectivity index (χ1v) is 7.67. The Morgan fingerprint density at radius 1 is 1.38 bits per heavy atom. The van der Waals surface area contributed by atoms with Crippen LogP contribution in [-0.2, 0) is 9.59 Å². The molecule has 1 rings (SSSR count). The number of carbonyl (C=O) groups excluding carboxylic acids is 2. The average molecular weight is 328 g/mol. The highest BCUT2D eigenvalue weighted by atomic mass is 16.2. The molecule has 2 unspecified atom stereocenters. The third-order valence-electron chi connectivity index (χ3n) is 3.55. The van der Waals surface area contributed by atoms with Crippen LogP contribution in [0, 0.1) is 19.8 Å². The number of nitrogens with zero attached hydrogens (tertiary/aromatic N) is 2. The Morgan fingerprint density at radius 3 is 2.67 bits per heavy atom. The molecule has 1 heterocycles. The van der Waals surface area contributed by atoms with Gasteiger partial charge >= 0.3 is 0 Å². The van der Waals surface area contributed by atoms with Crippen LogP contribution in [0.1, 0.15) is 24.0 Å². The molecule has 0 bridgehead atoms. The minimum Gasteiger partial charge on any atom is -0.308 e. The van der Waals surface area contributed by atoms with E-state index in [0.717, 1.165) is 22.7 Å². The van der Waals surface area contributed by atoms with Gasteiger partial charge in [-0.1, -0.05) is 37.8 Å². The SMILES string of the molecule is C=C/C=C(\C=C/C(C)C(NC)C(=O)NC=O)c1nc(C)cnc1C. The predicted octanol–water partition coefficient (Wildman–Crippen LogP) is 1.72. The number of aryl methyl sites for hydroxylation is 2. The molecule has 0 radical (unpaired) electrons. The van der Waals surface area contributed by atoms with E-state index >= 15 is 0 Å². The zero-order valence-electron chi connectivity index (χ0n) is 14.5. The van der Waals surface area contributed by atoms with Crippen molar-refractivity contribution in [3.05, 3.63) is 54.2 Å². The molecule has 0 fully saturated rings. The fraction of sp³-hybridized carbons (Fsp3) is 0.333. The van der Waals surface area contributed by atoms with E-state index in [1.807, 2.05) is 39.0 Å². The van der Waals surface area contributed by atoms with Crippen LogP contribution < -0.4 is 10.6 Å². The molecule has 6 nitrogen and oxygen atoms in total. The third-order valence-corrected chi connectivity index (χ3v) is 3.55. The maximum Gasteiger partial charge on any atom is 0.244 e. The second-order valence-corrected chi connectivity index (χ2v) is 5.41. The maximum absolute atomic E-state index is 11.9. The van der Waals surface area contributed by atoms with Crippen molar-refractivity contribution in [2.45, 2.75) is 26.8 Å². The quantitative estimate of drug-likeness (QED) is 0.561. The topological polar surface area (TPSA) is 84.0 Å². The summed E-state index contributed by atoms with van der Waals surface area (Å²) >= 11 is 0. The molecule has 0 spiro atoms. The number of nitrogens with one attached hydrogen (secondary N) is 2. The zero-order valence-corrected chi connectivity index (χ0v) is 14.5. The summed E-state index contributed by atoms with van der Waals surface area (Å²) in [5.41, 5.74) is 3.27. The minimum absolute atomic E-state index is 0.138. The number of allylic oxidation sites excluding steroid dienone is 4. The van der Waals surface area contributed by atoms with Crippen molar-refractivity contribution >= 4 is 17.9 Å². The number of rotatable bonds is 8. The minimum atomic E-state index is -0.513. The highest BCUT2D eigenvalue weighted by Gasteiger charge is 2.21. The molecule has 2 amide bonds. The molecule has 24 heavy (non-hydrogen) atoms. The molecule has 0 aliphatic rings. The Morgan fingerprint density at radius 2 is 2.08 bits per heavy atom. The van der Waals surface area contributed by atoms with Gasteiger partial charge in [0.15, 0.2) is 0 Å². The van der Waals surface area contributed by atoms with Crippen LogP contribution in [0.3, 0.4) is 0 Å². The fourth-order valence-electron chi connectivity index (χ4n) is 2.30. The summed E-state index contributed by atoms with van der Waals surface area (Å²) in [6.07, 6.45) is 9.42. The van der Waals surface area contributed by atoms with Gasteiger partial charge in [0.05, 0.1) is 23.1 Å². The van der Waals surface area contributed by atoms with Crippen molar-refractivity contribution in [3.8, 4) is 0 Å². The monoisotopic (exact) mass is 328 g/mol. The maximum atomic E-state index is 11.9. The van der Waals surface area contributed by atoms with Crippen LogP contribution in [-0.4, -0.2) is 35.4 Å². The molecular formula is C18H24N4O2. The standard InChI is InChI=1S/C18H24N4O2/c1-6-7-15(17-14(4)20-10-13(3)22-17)9-8-12(2)16(19-5)18(24)21-11-23/h6-12,16,19H,1H2,2-5H3,(H,21,23,24)/b9-8-,15-7+. The molecule has 1 aromatic heterocycles. The lowest BCUT2D eigenvalue weighted by molar-refractivity contribution is -0.127. The molecule has 6 heteroatoms. The van der Waals surface area contributed by atoms with E-state index < -0.39 is 6.04 Å². The Kier molecular flexibility index (Phi) is 7.71. The summed E-state index contributed by atoms with van der Waals surface area (Å²) < 4.78 is 0. The molecule has 2 atom stereocenters. The van der Waals surface area contributed by atoms with E-state index in [4.69, 9.17) is 0 Å². The van der Waals surface area contributed by atoms with Gasteiger partial charge in [-0.25, -0.2) is 4.98 Å². The van der Waals surface area contributed by atoms with Crippen molar-refractivity contribution in [1.29, 1.82) is 0 Å². The third kappa shape index (κ3) is 5.24. The van der Waals surface area contributed by atoms with Gasteiger partial charge in [0.1, 0.15) is 0 Å². The number of aromatic nitrogens is 2. The van der Waals surface area contributed by atoms with Crippen molar-refractivity contribution in [1.82, 2.24) is 20.6 Å². The summed E-state index contributed by atoms with van der Waals surface area (Å²) in [6.45, 7) is 9.40. The van der Waals surface area contributed by atoms with Gasteiger partial charge in [-0.2, -0.15) is 0 Å². The van der Waals surface area contributed by atoms with Crippen molar-refractivity contribution < 1.29 is 9.59 Å². The lowest BCUT2D eigenvalue weighted by Gasteiger charge is -2.18. The number of carbonyl (C=O) groups is 2. The van der Waals surface area contributed by atoms with Crippen molar-refractivity contribution in [2.75, 3.05) is 7.05 Å². The van der Waals surface area contributed by atoms with Gasteiger partial charge in [0.2, 0.25) is 12.3 Å². The first-order valence-electron chi connectivity index (χ1n) is 7.67. The van der Waals surface area contributed by atoms with Gasteiger partial charge in [-0.3, -0.25) is 19.9 Å². The van der Waals surface area contributed by atoms with Gasteiger partial charge < -0.3 is 5.32 Å². The van der Waals surface area contributed by atoms with Crippen LogP contribution in [0.4, 0.5) is 0 Å². The van der Waals surface area contributed by atoms with E-state index in [2.05, 4.69) is 27.2 Å². The van der Waals surface area contributed by atoms with Crippen molar-refractivity contribution in [3.63, 3.8) is 0 Å².